The molecule has 2 heteroatoms. The molecule has 116 valence electrons. The predicted molar refractivity (Wildman–Crippen MR) is 87.0 cm³/mol. The van der Waals surface area contributed by atoms with E-state index in [1.54, 1.807) is 0 Å². The summed E-state index contributed by atoms with van der Waals surface area (Å²) in [5, 5.41) is 0. The van der Waals surface area contributed by atoms with E-state index in [-0.39, 0.29) is 5.92 Å². The van der Waals surface area contributed by atoms with Gasteiger partial charge >= 0.3 is 0 Å². The largest absolute Gasteiger partial charge is 0.494 e. The monoisotopic (exact) mass is 288 g/mol. The second-order valence-electron chi connectivity index (χ2n) is 6.13. The minimum absolute atomic E-state index is 0.250. The van der Waals surface area contributed by atoms with E-state index >= 15 is 0 Å². The summed E-state index contributed by atoms with van der Waals surface area (Å²) in [6, 6.07) is 7.74. The average molecular weight is 288 g/mol. The van der Waals surface area contributed by atoms with E-state index in [4.69, 9.17) is 4.74 Å². The predicted octanol–water partition coefficient (Wildman–Crippen LogP) is 5.41. The molecule has 0 saturated heterocycles. The normalized spacial score (nSPS) is 15.9. The lowest BCUT2D eigenvalue weighted by Crippen LogP contribution is -2.17. The van der Waals surface area contributed by atoms with Crippen molar-refractivity contribution in [1.29, 1.82) is 0 Å². The van der Waals surface area contributed by atoms with Gasteiger partial charge in [0, 0.05) is 11.5 Å². The van der Waals surface area contributed by atoms with Crippen molar-refractivity contribution < 1.29 is 9.53 Å². The number of ketones is 1. The molecule has 21 heavy (non-hydrogen) atoms. The number of carbonyl (C=O) groups is 1. The summed E-state index contributed by atoms with van der Waals surface area (Å²) < 4.78 is 5.72. The summed E-state index contributed by atoms with van der Waals surface area (Å²) in [5.74, 6) is 1.45. The molecule has 0 radical (unpaired) electrons. The summed E-state index contributed by atoms with van der Waals surface area (Å²) in [4.78, 5) is 12.4. The third-order valence-corrected chi connectivity index (χ3v) is 4.38. The maximum Gasteiger partial charge on any atom is 0.165 e. The number of unbranched alkanes of at least 4 members (excludes halogenated alkanes) is 3. The lowest BCUT2D eigenvalue weighted by atomic mass is 9.84. The molecular weight excluding hydrogens is 260 g/mol. The third kappa shape index (κ3) is 5.18. The first-order chi connectivity index (χ1) is 10.3. The number of benzene rings is 1. The van der Waals surface area contributed by atoms with Crippen molar-refractivity contribution in [3.8, 4) is 5.75 Å². The van der Waals surface area contributed by atoms with Crippen LogP contribution in [0.3, 0.4) is 0 Å². The maximum atomic E-state index is 12.4. The van der Waals surface area contributed by atoms with Gasteiger partial charge in [-0.3, -0.25) is 4.79 Å². The summed E-state index contributed by atoms with van der Waals surface area (Å²) in [7, 11) is 0. The molecule has 0 amide bonds. The first-order valence-corrected chi connectivity index (χ1v) is 8.58. The van der Waals surface area contributed by atoms with Crippen LogP contribution in [-0.2, 0) is 0 Å². The Morgan fingerprint density at radius 1 is 1.05 bits per heavy atom. The lowest BCUT2D eigenvalue weighted by molar-refractivity contribution is 0.0889. The Morgan fingerprint density at radius 2 is 1.76 bits per heavy atom. The van der Waals surface area contributed by atoms with Gasteiger partial charge < -0.3 is 4.74 Å². The Labute approximate surface area is 128 Å². The molecule has 1 aromatic carbocycles. The number of carbonyl (C=O) groups excluding carboxylic acids is 1. The van der Waals surface area contributed by atoms with E-state index < -0.39 is 0 Å². The molecule has 0 aliphatic heterocycles. The van der Waals surface area contributed by atoms with Gasteiger partial charge in [0.2, 0.25) is 0 Å². The molecular formula is C19H28O2. The van der Waals surface area contributed by atoms with Gasteiger partial charge in [0.1, 0.15) is 5.75 Å². The molecule has 2 rings (SSSR count). The first kappa shape index (κ1) is 16.1. The number of Topliss-reactive ketones (excluding diaryl/α,β-unsaturated/α-hetero) is 1. The van der Waals surface area contributed by atoms with Gasteiger partial charge in [0.05, 0.1) is 6.61 Å². The summed E-state index contributed by atoms with van der Waals surface area (Å²) in [6.07, 6.45) is 10.7. The Hall–Kier alpha value is -1.31. The number of rotatable bonds is 8. The molecule has 0 atom stereocenters. The van der Waals surface area contributed by atoms with E-state index in [0.717, 1.165) is 37.2 Å². The van der Waals surface area contributed by atoms with Gasteiger partial charge in [0.25, 0.3) is 0 Å². The second kappa shape index (κ2) is 8.86. The first-order valence-electron chi connectivity index (χ1n) is 8.58. The zero-order valence-corrected chi connectivity index (χ0v) is 13.3. The fraction of sp³-hybridized carbons (Fsp3) is 0.632. The van der Waals surface area contributed by atoms with Gasteiger partial charge in [-0.1, -0.05) is 45.4 Å². The highest BCUT2D eigenvalue weighted by Gasteiger charge is 2.22. The van der Waals surface area contributed by atoms with Gasteiger partial charge in [-0.2, -0.15) is 0 Å². The minimum Gasteiger partial charge on any atom is -0.494 e. The molecule has 0 N–H and O–H groups in total. The van der Waals surface area contributed by atoms with Crippen LogP contribution in [0.4, 0.5) is 0 Å². The molecule has 2 nitrogen and oxygen atoms in total. The molecule has 0 bridgehead atoms. The SMILES string of the molecule is CCCCCCOc1ccc(C(=O)C2CCCCC2)cc1. The van der Waals surface area contributed by atoms with Gasteiger partial charge in [-0.25, -0.2) is 0 Å². The number of hydrogen-bond donors (Lipinski definition) is 0. The lowest BCUT2D eigenvalue weighted by Gasteiger charge is -2.20. The molecule has 0 heterocycles. The van der Waals surface area contributed by atoms with Crippen molar-refractivity contribution in [1.82, 2.24) is 0 Å². The highest BCUT2D eigenvalue weighted by Crippen LogP contribution is 2.27. The van der Waals surface area contributed by atoms with E-state index in [2.05, 4.69) is 6.92 Å². The minimum atomic E-state index is 0.250. The van der Waals surface area contributed by atoms with Crippen LogP contribution < -0.4 is 4.74 Å². The fourth-order valence-corrected chi connectivity index (χ4v) is 3.03. The van der Waals surface area contributed by atoms with Crippen LogP contribution in [0, 0.1) is 5.92 Å². The van der Waals surface area contributed by atoms with Gasteiger partial charge in [0.15, 0.2) is 5.78 Å². The fourth-order valence-electron chi connectivity index (χ4n) is 3.03. The Balaban J connectivity index is 1.79. The Bertz CT molecular complexity index is 416. The van der Waals surface area contributed by atoms with Crippen molar-refractivity contribution in [2.24, 2.45) is 5.92 Å². The van der Waals surface area contributed by atoms with Crippen LogP contribution in [0.15, 0.2) is 24.3 Å². The Morgan fingerprint density at radius 3 is 2.43 bits per heavy atom. The van der Waals surface area contributed by atoms with E-state index in [1.165, 1.54) is 38.5 Å². The molecule has 1 fully saturated rings. The van der Waals surface area contributed by atoms with Crippen LogP contribution in [-0.4, -0.2) is 12.4 Å². The van der Waals surface area contributed by atoms with Crippen molar-refractivity contribution in [2.75, 3.05) is 6.61 Å². The summed E-state index contributed by atoms with van der Waals surface area (Å²) in [6.45, 7) is 2.98. The molecule has 1 aliphatic carbocycles. The second-order valence-corrected chi connectivity index (χ2v) is 6.13. The van der Waals surface area contributed by atoms with Crippen molar-refractivity contribution in [3.63, 3.8) is 0 Å². The van der Waals surface area contributed by atoms with Crippen LogP contribution in [0.1, 0.15) is 75.1 Å². The van der Waals surface area contributed by atoms with E-state index in [0.29, 0.717) is 5.78 Å². The molecule has 0 spiro atoms. The summed E-state index contributed by atoms with van der Waals surface area (Å²) >= 11 is 0. The zero-order valence-electron chi connectivity index (χ0n) is 13.3. The molecule has 1 aromatic rings. The molecule has 1 saturated carbocycles. The topological polar surface area (TPSA) is 26.3 Å². The van der Waals surface area contributed by atoms with Gasteiger partial charge in [-0.05, 0) is 43.5 Å². The van der Waals surface area contributed by atoms with Crippen molar-refractivity contribution in [3.05, 3.63) is 29.8 Å². The van der Waals surface area contributed by atoms with Crippen LogP contribution >= 0.6 is 0 Å². The molecule has 0 unspecified atom stereocenters. The summed E-state index contributed by atoms with van der Waals surface area (Å²) in [5.41, 5.74) is 0.847. The van der Waals surface area contributed by atoms with E-state index in [9.17, 15) is 4.79 Å². The third-order valence-electron chi connectivity index (χ3n) is 4.38. The Kier molecular flexibility index (Phi) is 6.78. The molecule has 0 aromatic heterocycles. The number of hydrogen-bond acceptors (Lipinski definition) is 2. The molecule has 1 aliphatic rings. The zero-order chi connectivity index (χ0) is 14.9. The number of ether oxygens (including phenoxy) is 1. The van der Waals surface area contributed by atoms with Crippen LogP contribution in [0.25, 0.3) is 0 Å². The highest BCUT2D eigenvalue weighted by atomic mass is 16.5. The van der Waals surface area contributed by atoms with Crippen LogP contribution in [0.5, 0.6) is 5.75 Å². The average Bonchev–Trinajstić information content (AvgIpc) is 2.55. The van der Waals surface area contributed by atoms with Crippen molar-refractivity contribution in [2.45, 2.75) is 64.7 Å². The quantitative estimate of drug-likeness (QED) is 0.472. The van der Waals surface area contributed by atoms with E-state index in [1.807, 2.05) is 24.3 Å². The van der Waals surface area contributed by atoms with Crippen LogP contribution in [0.2, 0.25) is 0 Å². The van der Waals surface area contributed by atoms with Gasteiger partial charge in [-0.15, -0.1) is 0 Å². The smallest absolute Gasteiger partial charge is 0.165 e. The maximum absolute atomic E-state index is 12.4. The highest BCUT2D eigenvalue weighted by molar-refractivity contribution is 5.97. The standard InChI is InChI=1S/C19H28O2/c1-2-3-4-8-15-21-18-13-11-17(12-14-18)19(20)16-9-6-5-7-10-16/h11-14,16H,2-10,15H2,1H3. The van der Waals surface area contributed by atoms with Crippen molar-refractivity contribution >= 4 is 5.78 Å².